The summed E-state index contributed by atoms with van der Waals surface area (Å²) in [7, 11) is 2.96. The van der Waals surface area contributed by atoms with E-state index in [1.165, 1.54) is 26.4 Å². The van der Waals surface area contributed by atoms with Gasteiger partial charge in [0.05, 0.1) is 18.8 Å². The zero-order chi connectivity index (χ0) is 12.1. The number of ketones is 1. The summed E-state index contributed by atoms with van der Waals surface area (Å²) in [6, 6.07) is 4.19. The lowest BCUT2D eigenvalue weighted by Gasteiger charge is -2.09. The molecule has 1 atom stereocenters. The Morgan fingerprint density at radius 1 is 1.44 bits per heavy atom. The zero-order valence-electron chi connectivity index (χ0n) is 9.62. The van der Waals surface area contributed by atoms with Gasteiger partial charge in [-0.25, -0.2) is 4.39 Å². The van der Waals surface area contributed by atoms with Crippen molar-refractivity contribution in [2.75, 3.05) is 14.2 Å². The summed E-state index contributed by atoms with van der Waals surface area (Å²) >= 11 is 0. The van der Waals surface area contributed by atoms with Crippen molar-refractivity contribution < 1.29 is 18.7 Å². The number of carbonyl (C=O) groups is 1. The molecule has 4 heteroatoms. The van der Waals surface area contributed by atoms with E-state index in [1.54, 1.807) is 13.0 Å². The molecule has 1 unspecified atom stereocenters. The van der Waals surface area contributed by atoms with Gasteiger partial charge in [-0.15, -0.1) is 0 Å². The van der Waals surface area contributed by atoms with E-state index in [-0.39, 0.29) is 23.9 Å². The van der Waals surface area contributed by atoms with Crippen LogP contribution in [0.2, 0.25) is 0 Å². The zero-order valence-corrected chi connectivity index (χ0v) is 9.62. The smallest absolute Gasteiger partial charge is 0.168 e. The van der Waals surface area contributed by atoms with Crippen LogP contribution in [0.15, 0.2) is 18.2 Å². The number of ether oxygens (including phenoxy) is 2. The molecule has 0 spiro atoms. The Morgan fingerprint density at radius 2 is 2.12 bits per heavy atom. The van der Waals surface area contributed by atoms with Crippen molar-refractivity contribution in [1.82, 2.24) is 0 Å². The minimum atomic E-state index is -0.562. The van der Waals surface area contributed by atoms with E-state index in [4.69, 9.17) is 9.47 Å². The van der Waals surface area contributed by atoms with Gasteiger partial charge >= 0.3 is 0 Å². The molecular weight excluding hydrogens is 211 g/mol. The number of methoxy groups -OCH3 is 2. The lowest BCUT2D eigenvalue weighted by molar-refractivity contribution is 0.0788. The molecule has 0 saturated carbocycles. The fourth-order valence-electron chi connectivity index (χ4n) is 1.30. The summed E-state index contributed by atoms with van der Waals surface area (Å²) < 4.78 is 23.3. The first-order chi connectivity index (χ1) is 7.58. The van der Waals surface area contributed by atoms with Gasteiger partial charge in [-0.3, -0.25) is 4.79 Å². The molecule has 1 aromatic carbocycles. The number of benzene rings is 1. The third-order valence-electron chi connectivity index (χ3n) is 2.35. The molecule has 16 heavy (non-hydrogen) atoms. The molecule has 0 fully saturated rings. The molecule has 3 nitrogen and oxygen atoms in total. The number of hydrogen-bond donors (Lipinski definition) is 0. The van der Waals surface area contributed by atoms with E-state index in [9.17, 15) is 9.18 Å². The predicted octanol–water partition coefficient (Wildman–Crippen LogP) is 2.44. The van der Waals surface area contributed by atoms with Crippen LogP contribution in [-0.2, 0) is 4.74 Å². The highest BCUT2D eigenvalue weighted by atomic mass is 19.1. The minimum absolute atomic E-state index is 0.0738. The Hall–Kier alpha value is -1.42. The van der Waals surface area contributed by atoms with Crippen LogP contribution in [0.5, 0.6) is 5.75 Å². The Labute approximate surface area is 94.2 Å². The van der Waals surface area contributed by atoms with Crippen molar-refractivity contribution in [3.8, 4) is 5.75 Å². The van der Waals surface area contributed by atoms with Crippen LogP contribution in [-0.4, -0.2) is 26.1 Å². The normalized spacial score (nSPS) is 12.2. The van der Waals surface area contributed by atoms with Crippen molar-refractivity contribution in [3.05, 3.63) is 29.6 Å². The highest BCUT2D eigenvalue weighted by molar-refractivity contribution is 5.96. The highest BCUT2D eigenvalue weighted by Gasteiger charge is 2.15. The fourth-order valence-corrected chi connectivity index (χ4v) is 1.30. The third kappa shape index (κ3) is 3.03. The molecule has 1 aromatic rings. The van der Waals surface area contributed by atoms with Gasteiger partial charge in [0.25, 0.3) is 0 Å². The SMILES string of the molecule is COc1ccc(C(=O)CC(C)OC)c(F)c1. The molecule has 0 aliphatic carbocycles. The molecule has 0 heterocycles. The largest absolute Gasteiger partial charge is 0.497 e. The summed E-state index contributed by atoms with van der Waals surface area (Å²) in [5.74, 6) is -0.434. The van der Waals surface area contributed by atoms with Crippen molar-refractivity contribution >= 4 is 5.78 Å². The van der Waals surface area contributed by atoms with Gasteiger partial charge in [0, 0.05) is 19.6 Å². The molecule has 0 N–H and O–H groups in total. The van der Waals surface area contributed by atoms with Crippen molar-refractivity contribution in [1.29, 1.82) is 0 Å². The summed E-state index contributed by atoms with van der Waals surface area (Å²) in [6.07, 6.45) is -0.0475. The van der Waals surface area contributed by atoms with E-state index in [1.807, 2.05) is 0 Å². The molecular formula is C12H15FO3. The van der Waals surface area contributed by atoms with E-state index in [0.29, 0.717) is 5.75 Å². The molecule has 1 rings (SSSR count). The number of halogens is 1. The maximum atomic E-state index is 13.5. The van der Waals surface area contributed by atoms with Crippen LogP contribution in [0.1, 0.15) is 23.7 Å². The van der Waals surface area contributed by atoms with Crippen LogP contribution < -0.4 is 4.74 Å². The van der Waals surface area contributed by atoms with Crippen LogP contribution in [0.25, 0.3) is 0 Å². The summed E-state index contributed by atoms with van der Waals surface area (Å²) in [4.78, 5) is 11.7. The molecule has 0 bridgehead atoms. The molecule has 0 aliphatic heterocycles. The molecule has 0 amide bonds. The quantitative estimate of drug-likeness (QED) is 0.723. The lowest BCUT2D eigenvalue weighted by atomic mass is 10.1. The third-order valence-corrected chi connectivity index (χ3v) is 2.35. The number of hydrogen-bond acceptors (Lipinski definition) is 3. The average molecular weight is 226 g/mol. The Bertz CT molecular complexity index is 377. The molecule has 0 saturated heterocycles. The Kier molecular flexibility index (Phi) is 4.43. The first-order valence-corrected chi connectivity index (χ1v) is 4.98. The van der Waals surface area contributed by atoms with Crippen LogP contribution in [0.4, 0.5) is 4.39 Å². The number of rotatable bonds is 5. The second-order valence-corrected chi connectivity index (χ2v) is 3.52. The van der Waals surface area contributed by atoms with E-state index in [2.05, 4.69) is 0 Å². The van der Waals surface area contributed by atoms with Gasteiger partial charge in [-0.05, 0) is 19.1 Å². The Morgan fingerprint density at radius 3 is 2.62 bits per heavy atom. The second-order valence-electron chi connectivity index (χ2n) is 3.52. The monoisotopic (exact) mass is 226 g/mol. The highest BCUT2D eigenvalue weighted by Crippen LogP contribution is 2.18. The second kappa shape index (κ2) is 5.61. The van der Waals surface area contributed by atoms with Crippen molar-refractivity contribution in [3.63, 3.8) is 0 Å². The molecule has 0 radical (unpaired) electrons. The van der Waals surface area contributed by atoms with Crippen LogP contribution >= 0.6 is 0 Å². The van der Waals surface area contributed by atoms with Gasteiger partial charge in [-0.2, -0.15) is 0 Å². The lowest BCUT2D eigenvalue weighted by Crippen LogP contribution is -2.13. The summed E-state index contributed by atoms with van der Waals surface area (Å²) in [6.45, 7) is 1.76. The van der Waals surface area contributed by atoms with E-state index < -0.39 is 5.82 Å². The first kappa shape index (κ1) is 12.6. The average Bonchev–Trinajstić information content (AvgIpc) is 2.28. The van der Waals surface area contributed by atoms with Gasteiger partial charge < -0.3 is 9.47 Å². The van der Waals surface area contributed by atoms with E-state index in [0.717, 1.165) is 0 Å². The molecule has 0 aromatic heterocycles. The van der Waals surface area contributed by atoms with Gasteiger partial charge in [-0.1, -0.05) is 0 Å². The maximum Gasteiger partial charge on any atom is 0.168 e. The van der Waals surface area contributed by atoms with Crippen LogP contribution in [0.3, 0.4) is 0 Å². The molecule has 0 aliphatic rings. The van der Waals surface area contributed by atoms with Crippen molar-refractivity contribution in [2.45, 2.75) is 19.4 Å². The standard InChI is InChI=1S/C12H15FO3/c1-8(15-2)6-12(14)10-5-4-9(16-3)7-11(10)13/h4-5,7-8H,6H2,1-3H3. The van der Waals surface area contributed by atoms with E-state index >= 15 is 0 Å². The minimum Gasteiger partial charge on any atom is -0.497 e. The first-order valence-electron chi connectivity index (χ1n) is 4.98. The van der Waals surface area contributed by atoms with Gasteiger partial charge in [0.2, 0.25) is 0 Å². The maximum absolute atomic E-state index is 13.5. The number of carbonyl (C=O) groups excluding carboxylic acids is 1. The fraction of sp³-hybridized carbons (Fsp3) is 0.417. The van der Waals surface area contributed by atoms with Gasteiger partial charge in [0.1, 0.15) is 11.6 Å². The Balaban J connectivity index is 2.84. The number of Topliss-reactive ketones (excluding diaryl/α,β-unsaturated/α-hetero) is 1. The van der Waals surface area contributed by atoms with Crippen molar-refractivity contribution in [2.24, 2.45) is 0 Å². The van der Waals surface area contributed by atoms with Gasteiger partial charge in [0.15, 0.2) is 5.78 Å². The summed E-state index contributed by atoms with van der Waals surface area (Å²) in [5.41, 5.74) is 0.0738. The molecule has 88 valence electrons. The topological polar surface area (TPSA) is 35.5 Å². The van der Waals surface area contributed by atoms with Crippen LogP contribution in [0, 0.1) is 5.82 Å². The summed E-state index contributed by atoms with van der Waals surface area (Å²) in [5, 5.41) is 0. The predicted molar refractivity (Wildman–Crippen MR) is 58.4 cm³/mol.